The van der Waals surface area contributed by atoms with E-state index in [4.69, 9.17) is 9.47 Å². The zero-order valence-corrected chi connectivity index (χ0v) is 11.0. The van der Waals surface area contributed by atoms with E-state index in [-0.39, 0.29) is 11.9 Å². The van der Waals surface area contributed by atoms with Crippen LogP contribution in [0.15, 0.2) is 28.7 Å². The van der Waals surface area contributed by atoms with E-state index in [2.05, 4.69) is 20.7 Å². The van der Waals surface area contributed by atoms with Crippen LogP contribution < -0.4 is 0 Å². The van der Waals surface area contributed by atoms with Gasteiger partial charge in [0.1, 0.15) is 5.92 Å². The summed E-state index contributed by atoms with van der Waals surface area (Å²) in [6.45, 7) is 0.654. The lowest BCUT2D eigenvalue weighted by Crippen LogP contribution is -2.33. The molecule has 0 spiro atoms. The predicted octanol–water partition coefficient (Wildman–Crippen LogP) is 2.28. The number of esters is 1. The third kappa shape index (κ3) is 3.06. The van der Waals surface area contributed by atoms with Crippen LogP contribution in [0.5, 0.6) is 0 Å². The number of methoxy groups -OCH3 is 1. The molecule has 17 heavy (non-hydrogen) atoms. The molecule has 1 fully saturated rings. The summed E-state index contributed by atoms with van der Waals surface area (Å²) < 4.78 is 16.6. The lowest BCUT2D eigenvalue weighted by molar-refractivity contribution is -0.212. The van der Waals surface area contributed by atoms with Crippen LogP contribution in [-0.2, 0) is 19.0 Å². The average Bonchev–Trinajstić information content (AvgIpc) is 2.39. The number of ether oxygens (including phenoxy) is 3. The van der Waals surface area contributed by atoms with Gasteiger partial charge in [0.2, 0.25) is 0 Å². The lowest BCUT2D eigenvalue weighted by atomic mass is 10.1. The lowest BCUT2D eigenvalue weighted by Gasteiger charge is -2.28. The number of hydrogen-bond donors (Lipinski definition) is 0. The first-order valence-electron chi connectivity index (χ1n) is 5.27. The van der Waals surface area contributed by atoms with E-state index in [1.807, 2.05) is 24.3 Å². The number of carbonyl (C=O) groups is 1. The molecule has 1 heterocycles. The van der Waals surface area contributed by atoms with E-state index in [9.17, 15) is 4.79 Å². The number of halogens is 1. The summed E-state index contributed by atoms with van der Waals surface area (Å²) in [5.41, 5.74) is 0.941. The van der Waals surface area contributed by atoms with Crippen LogP contribution in [0.3, 0.4) is 0 Å². The maximum absolute atomic E-state index is 11.3. The highest BCUT2D eigenvalue weighted by atomic mass is 79.9. The topological polar surface area (TPSA) is 44.8 Å². The van der Waals surface area contributed by atoms with Gasteiger partial charge in [0.05, 0.1) is 20.3 Å². The van der Waals surface area contributed by atoms with Crippen molar-refractivity contribution in [2.45, 2.75) is 6.29 Å². The standard InChI is InChI=1S/C12H13BrO4/c1-15-11(14)9-6-16-12(17-7-9)8-2-4-10(13)5-3-8/h2-5,9,12H,6-7H2,1H3. The molecule has 0 amide bonds. The van der Waals surface area contributed by atoms with Gasteiger partial charge < -0.3 is 14.2 Å². The molecule has 1 aromatic carbocycles. The van der Waals surface area contributed by atoms with E-state index in [0.29, 0.717) is 13.2 Å². The Morgan fingerprint density at radius 2 is 1.88 bits per heavy atom. The molecule has 1 aliphatic heterocycles. The van der Waals surface area contributed by atoms with Gasteiger partial charge in [0, 0.05) is 10.0 Å². The second kappa shape index (κ2) is 5.62. The molecule has 1 saturated heterocycles. The third-order valence-electron chi connectivity index (χ3n) is 2.57. The SMILES string of the molecule is COC(=O)C1COC(c2ccc(Br)cc2)OC1. The summed E-state index contributed by atoms with van der Waals surface area (Å²) in [7, 11) is 1.36. The second-order valence-electron chi connectivity index (χ2n) is 3.77. The van der Waals surface area contributed by atoms with Gasteiger partial charge in [-0.15, -0.1) is 0 Å². The zero-order valence-electron chi connectivity index (χ0n) is 9.39. The predicted molar refractivity (Wildman–Crippen MR) is 64.3 cm³/mol. The second-order valence-corrected chi connectivity index (χ2v) is 4.69. The van der Waals surface area contributed by atoms with Crippen molar-refractivity contribution in [3.05, 3.63) is 34.3 Å². The summed E-state index contributed by atoms with van der Waals surface area (Å²) in [6.07, 6.45) is -0.399. The quantitative estimate of drug-likeness (QED) is 0.786. The molecule has 92 valence electrons. The van der Waals surface area contributed by atoms with Gasteiger partial charge in [-0.25, -0.2) is 0 Å². The van der Waals surface area contributed by atoms with Gasteiger partial charge in [0.15, 0.2) is 6.29 Å². The zero-order chi connectivity index (χ0) is 12.3. The molecular weight excluding hydrogens is 288 g/mol. The largest absolute Gasteiger partial charge is 0.469 e. The van der Waals surface area contributed by atoms with Crippen molar-refractivity contribution in [3.63, 3.8) is 0 Å². The third-order valence-corrected chi connectivity index (χ3v) is 3.10. The fraction of sp³-hybridized carbons (Fsp3) is 0.417. The minimum Gasteiger partial charge on any atom is -0.469 e. The number of carbonyl (C=O) groups excluding carboxylic acids is 1. The van der Waals surface area contributed by atoms with Crippen molar-refractivity contribution < 1.29 is 19.0 Å². The minimum atomic E-state index is -0.399. The first-order valence-corrected chi connectivity index (χ1v) is 6.06. The Bertz CT molecular complexity index is 382. The number of hydrogen-bond acceptors (Lipinski definition) is 4. The summed E-state index contributed by atoms with van der Waals surface area (Å²) in [6, 6.07) is 7.70. The van der Waals surface area contributed by atoms with Crippen molar-refractivity contribution in [3.8, 4) is 0 Å². The van der Waals surface area contributed by atoms with Crippen LogP contribution >= 0.6 is 15.9 Å². The van der Waals surface area contributed by atoms with Crippen LogP contribution in [0.25, 0.3) is 0 Å². The Hall–Kier alpha value is -0.910. The molecule has 1 aromatic rings. The van der Waals surface area contributed by atoms with E-state index in [1.54, 1.807) is 0 Å². The van der Waals surface area contributed by atoms with Crippen LogP contribution in [0.2, 0.25) is 0 Å². The highest BCUT2D eigenvalue weighted by Gasteiger charge is 2.28. The van der Waals surface area contributed by atoms with Crippen molar-refractivity contribution in [1.82, 2.24) is 0 Å². The van der Waals surface area contributed by atoms with Crippen molar-refractivity contribution in [1.29, 1.82) is 0 Å². The van der Waals surface area contributed by atoms with Crippen LogP contribution in [0, 0.1) is 5.92 Å². The molecule has 0 saturated carbocycles. The Labute approximate surface area is 108 Å². The van der Waals surface area contributed by atoms with E-state index in [0.717, 1.165) is 10.0 Å². The van der Waals surface area contributed by atoms with Gasteiger partial charge in [-0.05, 0) is 12.1 Å². The maximum Gasteiger partial charge on any atom is 0.313 e. The molecule has 0 aromatic heterocycles. The van der Waals surface area contributed by atoms with Crippen LogP contribution in [-0.4, -0.2) is 26.3 Å². The molecule has 0 radical (unpaired) electrons. The van der Waals surface area contributed by atoms with Gasteiger partial charge >= 0.3 is 5.97 Å². The normalized spacial score (nSPS) is 24.4. The molecule has 0 unspecified atom stereocenters. The van der Waals surface area contributed by atoms with Gasteiger partial charge in [0.25, 0.3) is 0 Å². The molecule has 0 N–H and O–H groups in total. The Morgan fingerprint density at radius 3 is 2.41 bits per heavy atom. The van der Waals surface area contributed by atoms with Crippen LogP contribution in [0.4, 0.5) is 0 Å². The van der Waals surface area contributed by atoms with Crippen LogP contribution in [0.1, 0.15) is 11.9 Å². The summed E-state index contributed by atoms with van der Waals surface area (Å²) in [5, 5.41) is 0. The maximum atomic E-state index is 11.3. The number of rotatable bonds is 2. The Morgan fingerprint density at radius 1 is 1.29 bits per heavy atom. The average molecular weight is 301 g/mol. The highest BCUT2D eigenvalue weighted by molar-refractivity contribution is 9.10. The molecule has 2 rings (SSSR count). The molecule has 4 nitrogen and oxygen atoms in total. The van der Waals surface area contributed by atoms with E-state index >= 15 is 0 Å². The molecule has 5 heteroatoms. The molecule has 0 aliphatic carbocycles. The number of benzene rings is 1. The first kappa shape index (κ1) is 12.5. The Kier molecular flexibility index (Phi) is 4.15. The van der Waals surface area contributed by atoms with Gasteiger partial charge in [-0.2, -0.15) is 0 Å². The molecule has 1 aliphatic rings. The minimum absolute atomic E-state index is 0.292. The van der Waals surface area contributed by atoms with Crippen molar-refractivity contribution in [2.75, 3.05) is 20.3 Å². The fourth-order valence-corrected chi connectivity index (χ4v) is 1.88. The van der Waals surface area contributed by atoms with Crippen molar-refractivity contribution in [2.24, 2.45) is 5.92 Å². The molecule has 0 bridgehead atoms. The summed E-state index contributed by atoms with van der Waals surface area (Å²) >= 11 is 3.36. The Balaban J connectivity index is 1.95. The van der Waals surface area contributed by atoms with E-state index < -0.39 is 6.29 Å². The molecule has 0 atom stereocenters. The smallest absolute Gasteiger partial charge is 0.313 e. The fourth-order valence-electron chi connectivity index (χ4n) is 1.62. The van der Waals surface area contributed by atoms with Crippen molar-refractivity contribution >= 4 is 21.9 Å². The highest BCUT2D eigenvalue weighted by Crippen LogP contribution is 2.26. The van der Waals surface area contributed by atoms with E-state index in [1.165, 1.54) is 7.11 Å². The van der Waals surface area contributed by atoms with Gasteiger partial charge in [-0.3, -0.25) is 4.79 Å². The van der Waals surface area contributed by atoms with Gasteiger partial charge in [-0.1, -0.05) is 28.1 Å². The first-order chi connectivity index (χ1) is 8.20. The summed E-state index contributed by atoms with van der Waals surface area (Å²) in [4.78, 5) is 11.3. The molecular formula is C12H13BrO4. The monoisotopic (exact) mass is 300 g/mol. The summed E-state index contributed by atoms with van der Waals surface area (Å²) in [5.74, 6) is -0.619.